The molecule has 38 heavy (non-hydrogen) atoms. The second-order valence-corrected chi connectivity index (χ2v) is 9.55. The van der Waals surface area contributed by atoms with Crippen molar-refractivity contribution in [1.82, 2.24) is 16.0 Å². The van der Waals surface area contributed by atoms with Crippen LogP contribution in [0.5, 0.6) is 5.75 Å². The molecule has 6 N–H and O–H groups in total. The van der Waals surface area contributed by atoms with Gasteiger partial charge in [-0.05, 0) is 54.5 Å². The number of primary amides is 1. The van der Waals surface area contributed by atoms with Crippen LogP contribution in [0, 0.1) is 5.82 Å². The van der Waals surface area contributed by atoms with Crippen molar-refractivity contribution in [3.63, 3.8) is 0 Å². The van der Waals surface area contributed by atoms with Gasteiger partial charge in [0, 0.05) is 19.5 Å². The maximum Gasteiger partial charge on any atom is 0.243 e. The fourth-order valence-electron chi connectivity index (χ4n) is 4.32. The van der Waals surface area contributed by atoms with Gasteiger partial charge in [0.2, 0.25) is 17.7 Å². The van der Waals surface area contributed by atoms with Crippen LogP contribution in [-0.4, -0.2) is 54.2 Å². The standard InChI is InChI=1S/C28H37FN4O5/c1-2-18-6-5-7-20(12-18)16-31-17-24(34)22-14-19-9-10-25(21(29)13-19)38-11-4-3-8-27(36)32-23(15-26(30)35)28(37)33-22/h5-7,9-10,12-13,22-24,31,34H,2-4,8,11,14-17H2,1H3,(H2,30,35)(H,32,36)(H,33,37). The third-order valence-corrected chi connectivity index (χ3v) is 6.44. The molecule has 9 nitrogen and oxygen atoms in total. The summed E-state index contributed by atoms with van der Waals surface area (Å²) in [7, 11) is 0. The smallest absolute Gasteiger partial charge is 0.243 e. The maximum atomic E-state index is 14.7. The Balaban J connectivity index is 1.78. The number of hydrogen-bond acceptors (Lipinski definition) is 6. The zero-order valence-corrected chi connectivity index (χ0v) is 21.7. The van der Waals surface area contributed by atoms with Crippen molar-refractivity contribution in [2.45, 2.75) is 70.2 Å². The van der Waals surface area contributed by atoms with E-state index >= 15 is 0 Å². The lowest BCUT2D eigenvalue weighted by atomic mass is 9.99. The van der Waals surface area contributed by atoms with Crippen molar-refractivity contribution in [2.75, 3.05) is 13.2 Å². The Bertz CT molecular complexity index is 1110. The van der Waals surface area contributed by atoms with Crippen LogP contribution in [0.25, 0.3) is 0 Å². The topological polar surface area (TPSA) is 143 Å². The van der Waals surface area contributed by atoms with Gasteiger partial charge in [-0.3, -0.25) is 14.4 Å². The summed E-state index contributed by atoms with van der Waals surface area (Å²) < 4.78 is 20.2. The van der Waals surface area contributed by atoms with E-state index in [0.717, 1.165) is 12.0 Å². The summed E-state index contributed by atoms with van der Waals surface area (Å²) in [5.41, 5.74) is 8.12. The fraction of sp³-hybridized carbons (Fsp3) is 0.464. The number of hydrogen-bond donors (Lipinski definition) is 5. The highest BCUT2D eigenvalue weighted by molar-refractivity contribution is 5.91. The minimum absolute atomic E-state index is 0.0997. The Kier molecular flexibility index (Phi) is 11.0. The summed E-state index contributed by atoms with van der Waals surface area (Å²) in [4.78, 5) is 37.1. The van der Waals surface area contributed by atoms with E-state index in [1.165, 1.54) is 17.7 Å². The number of aliphatic hydroxyl groups is 1. The molecule has 2 aromatic rings. The quantitative estimate of drug-likeness (QED) is 0.351. The van der Waals surface area contributed by atoms with E-state index in [-0.39, 0.29) is 31.7 Å². The molecular formula is C28H37FN4O5. The molecule has 2 heterocycles. The number of nitrogens with one attached hydrogen (secondary N) is 3. The van der Waals surface area contributed by atoms with Gasteiger partial charge < -0.3 is 31.5 Å². The van der Waals surface area contributed by atoms with Crippen LogP contribution in [0.4, 0.5) is 4.39 Å². The van der Waals surface area contributed by atoms with Gasteiger partial charge in [0.15, 0.2) is 11.6 Å². The molecule has 3 amide bonds. The maximum absolute atomic E-state index is 14.7. The number of aryl methyl sites for hydroxylation is 1. The fourth-order valence-corrected chi connectivity index (χ4v) is 4.32. The number of halogens is 1. The van der Waals surface area contributed by atoms with E-state index in [1.54, 1.807) is 6.07 Å². The molecule has 0 spiro atoms. The first-order chi connectivity index (χ1) is 18.2. The van der Waals surface area contributed by atoms with Crippen molar-refractivity contribution in [3.8, 4) is 5.75 Å². The summed E-state index contributed by atoms with van der Waals surface area (Å²) in [6, 6.07) is 10.6. The minimum Gasteiger partial charge on any atom is -0.491 e. The number of benzene rings is 2. The molecule has 0 saturated heterocycles. The number of rotatable bonds is 8. The van der Waals surface area contributed by atoms with Crippen LogP contribution in [0.3, 0.4) is 0 Å². The highest BCUT2D eigenvalue weighted by Gasteiger charge is 2.28. The predicted molar refractivity (Wildman–Crippen MR) is 141 cm³/mol. The summed E-state index contributed by atoms with van der Waals surface area (Å²) in [5.74, 6) is -2.26. The largest absolute Gasteiger partial charge is 0.491 e. The Morgan fingerprint density at radius 3 is 2.71 bits per heavy atom. The summed E-state index contributed by atoms with van der Waals surface area (Å²) >= 11 is 0. The first-order valence-electron chi connectivity index (χ1n) is 13.0. The Hall–Kier alpha value is -3.50. The van der Waals surface area contributed by atoms with E-state index in [0.29, 0.717) is 24.9 Å². The van der Waals surface area contributed by atoms with E-state index in [2.05, 4.69) is 28.9 Å². The Labute approximate surface area is 222 Å². The number of aliphatic hydroxyl groups excluding tert-OH is 1. The van der Waals surface area contributed by atoms with Crippen LogP contribution >= 0.6 is 0 Å². The van der Waals surface area contributed by atoms with E-state index in [9.17, 15) is 23.9 Å². The molecule has 3 atom stereocenters. The van der Waals surface area contributed by atoms with Crippen molar-refractivity contribution < 1.29 is 28.6 Å². The highest BCUT2D eigenvalue weighted by Crippen LogP contribution is 2.20. The van der Waals surface area contributed by atoms with Gasteiger partial charge in [-0.25, -0.2) is 4.39 Å². The lowest BCUT2D eigenvalue weighted by Crippen LogP contribution is -2.55. The molecule has 0 radical (unpaired) electrons. The number of ether oxygens (including phenoxy) is 1. The molecule has 2 aromatic carbocycles. The summed E-state index contributed by atoms with van der Waals surface area (Å²) in [5, 5.41) is 19.5. The number of carbonyl (C=O) groups is 3. The second-order valence-electron chi connectivity index (χ2n) is 9.55. The number of nitrogens with two attached hydrogens (primary N) is 1. The molecule has 2 bridgehead atoms. The number of fused-ring (bicyclic) bond motifs is 13. The summed E-state index contributed by atoms with van der Waals surface area (Å²) in [6.45, 7) is 2.94. The molecule has 3 unspecified atom stereocenters. The van der Waals surface area contributed by atoms with Crippen LogP contribution in [0.15, 0.2) is 42.5 Å². The van der Waals surface area contributed by atoms with Crippen molar-refractivity contribution in [2.24, 2.45) is 5.73 Å². The number of carbonyl (C=O) groups excluding carboxylic acids is 3. The van der Waals surface area contributed by atoms with Gasteiger partial charge in [-0.15, -0.1) is 0 Å². The molecule has 0 fully saturated rings. The second kappa shape index (κ2) is 14.4. The van der Waals surface area contributed by atoms with Crippen LogP contribution in [0.1, 0.15) is 49.3 Å². The van der Waals surface area contributed by atoms with Gasteiger partial charge in [-0.2, -0.15) is 0 Å². The van der Waals surface area contributed by atoms with Gasteiger partial charge >= 0.3 is 0 Å². The normalized spacial score (nSPS) is 19.8. The molecule has 2 aliphatic rings. The minimum atomic E-state index is -1.19. The monoisotopic (exact) mass is 528 g/mol. The highest BCUT2D eigenvalue weighted by atomic mass is 19.1. The summed E-state index contributed by atoms with van der Waals surface area (Å²) in [6.07, 6.45) is 0.621. The Morgan fingerprint density at radius 1 is 1.18 bits per heavy atom. The first-order valence-corrected chi connectivity index (χ1v) is 13.0. The van der Waals surface area contributed by atoms with E-state index in [4.69, 9.17) is 10.5 Å². The van der Waals surface area contributed by atoms with Gasteiger partial charge in [0.25, 0.3) is 0 Å². The molecule has 2 aliphatic heterocycles. The molecule has 0 aromatic heterocycles. The predicted octanol–water partition coefficient (Wildman–Crippen LogP) is 1.49. The van der Waals surface area contributed by atoms with E-state index in [1.807, 2.05) is 18.2 Å². The molecule has 0 aliphatic carbocycles. The Morgan fingerprint density at radius 2 is 1.97 bits per heavy atom. The molecular weight excluding hydrogens is 491 g/mol. The van der Waals surface area contributed by atoms with E-state index < -0.39 is 48.1 Å². The lowest BCUT2D eigenvalue weighted by Gasteiger charge is -2.27. The van der Waals surface area contributed by atoms with Gasteiger partial charge in [0.1, 0.15) is 6.04 Å². The zero-order chi connectivity index (χ0) is 27.5. The van der Waals surface area contributed by atoms with Crippen molar-refractivity contribution in [1.29, 1.82) is 0 Å². The molecule has 10 heteroatoms. The van der Waals surface area contributed by atoms with Gasteiger partial charge in [-0.1, -0.05) is 37.3 Å². The molecule has 0 saturated carbocycles. The average Bonchev–Trinajstić information content (AvgIpc) is 2.88. The molecule has 4 rings (SSSR count). The lowest BCUT2D eigenvalue weighted by molar-refractivity contribution is -0.132. The van der Waals surface area contributed by atoms with Crippen LogP contribution in [0.2, 0.25) is 0 Å². The third kappa shape index (κ3) is 9.11. The van der Waals surface area contributed by atoms with Gasteiger partial charge in [0.05, 0.1) is 25.2 Å². The number of amides is 3. The third-order valence-electron chi connectivity index (χ3n) is 6.44. The molecule has 206 valence electrons. The van der Waals surface area contributed by atoms with Crippen molar-refractivity contribution in [3.05, 3.63) is 65.0 Å². The van der Waals surface area contributed by atoms with Crippen LogP contribution in [-0.2, 0) is 33.8 Å². The SMILES string of the molecule is CCc1cccc(CNCC(O)C2Cc3ccc(c(F)c3)OCCCCC(=O)NC(CC(N)=O)C(=O)N2)c1. The van der Waals surface area contributed by atoms with Crippen LogP contribution < -0.4 is 26.4 Å². The zero-order valence-electron chi connectivity index (χ0n) is 21.7. The first kappa shape index (κ1) is 29.1. The average molecular weight is 529 g/mol. The van der Waals surface area contributed by atoms with Crippen molar-refractivity contribution >= 4 is 17.7 Å².